The summed E-state index contributed by atoms with van der Waals surface area (Å²) >= 11 is 0. The van der Waals surface area contributed by atoms with Crippen LogP contribution >= 0.6 is 0 Å². The molecule has 3 unspecified atom stereocenters. The predicted octanol–water partition coefficient (Wildman–Crippen LogP) is 4.25. The minimum Gasteiger partial charge on any atom is -0.461 e. The Balaban J connectivity index is 1.87. The van der Waals surface area contributed by atoms with E-state index in [0.29, 0.717) is 19.3 Å². The van der Waals surface area contributed by atoms with E-state index in [0.717, 1.165) is 44.1 Å². The van der Waals surface area contributed by atoms with Crippen molar-refractivity contribution in [1.82, 2.24) is 10.6 Å². The highest BCUT2D eigenvalue weighted by Crippen LogP contribution is 2.29. The summed E-state index contributed by atoms with van der Waals surface area (Å²) < 4.78 is 5.70. The number of rotatable bonds is 17. The summed E-state index contributed by atoms with van der Waals surface area (Å²) in [5.74, 6) is -1.66. The number of allylic oxidation sites excluding steroid dienone is 2. The van der Waals surface area contributed by atoms with E-state index >= 15 is 0 Å². The highest BCUT2D eigenvalue weighted by Gasteiger charge is 2.35. The van der Waals surface area contributed by atoms with Gasteiger partial charge in [-0.2, -0.15) is 0 Å². The molecule has 1 aliphatic rings. The first kappa shape index (κ1) is 30.3. The molecule has 7 nitrogen and oxygen atoms in total. The number of carbonyl (C=O) groups excluding carboxylic acids is 3. The number of aliphatic hydroxyl groups is 1. The van der Waals surface area contributed by atoms with Crippen LogP contribution < -0.4 is 10.6 Å². The van der Waals surface area contributed by atoms with Gasteiger partial charge in [-0.05, 0) is 57.4 Å². The number of amides is 2. The van der Waals surface area contributed by atoms with Gasteiger partial charge in [0.2, 0.25) is 11.8 Å². The van der Waals surface area contributed by atoms with E-state index in [9.17, 15) is 19.5 Å². The lowest BCUT2D eigenvalue weighted by Crippen LogP contribution is -2.50. The number of unbranched alkanes of at least 4 members (excludes halogenated alkanes) is 1. The third-order valence-electron chi connectivity index (χ3n) is 7.02. The molecule has 1 aromatic rings. The van der Waals surface area contributed by atoms with Crippen LogP contribution in [0.2, 0.25) is 0 Å². The van der Waals surface area contributed by atoms with E-state index in [-0.39, 0.29) is 43.3 Å². The van der Waals surface area contributed by atoms with Crippen LogP contribution in [-0.4, -0.2) is 47.7 Å². The number of carbonyl (C=O) groups is 3. The number of benzene rings is 1. The van der Waals surface area contributed by atoms with E-state index in [1.54, 1.807) is 13.0 Å². The maximum Gasteiger partial charge on any atom is 0.309 e. The molecule has 37 heavy (non-hydrogen) atoms. The van der Waals surface area contributed by atoms with Crippen molar-refractivity contribution in [3.63, 3.8) is 0 Å². The fourth-order valence-corrected chi connectivity index (χ4v) is 4.86. The zero-order valence-corrected chi connectivity index (χ0v) is 22.3. The van der Waals surface area contributed by atoms with Crippen molar-refractivity contribution >= 4 is 17.8 Å². The zero-order valence-electron chi connectivity index (χ0n) is 22.3. The van der Waals surface area contributed by atoms with Gasteiger partial charge in [0.1, 0.15) is 6.10 Å². The van der Waals surface area contributed by atoms with Gasteiger partial charge in [0, 0.05) is 6.42 Å². The average Bonchev–Trinajstić information content (AvgIpc) is 3.35. The predicted molar refractivity (Wildman–Crippen MR) is 146 cm³/mol. The molecule has 3 N–H and O–H groups in total. The van der Waals surface area contributed by atoms with Crippen molar-refractivity contribution in [3.05, 3.63) is 61.2 Å². The van der Waals surface area contributed by atoms with Crippen LogP contribution in [0.5, 0.6) is 0 Å². The van der Waals surface area contributed by atoms with Crippen LogP contribution in [0.4, 0.5) is 0 Å². The number of esters is 1. The fourth-order valence-electron chi connectivity index (χ4n) is 4.86. The van der Waals surface area contributed by atoms with E-state index in [2.05, 4.69) is 23.8 Å². The van der Waals surface area contributed by atoms with Crippen LogP contribution in [0.3, 0.4) is 0 Å². The highest BCUT2D eigenvalue weighted by atomic mass is 16.5. The van der Waals surface area contributed by atoms with Gasteiger partial charge >= 0.3 is 5.97 Å². The van der Waals surface area contributed by atoms with Gasteiger partial charge < -0.3 is 20.5 Å². The molecule has 7 heteroatoms. The fraction of sp³-hybridized carbons (Fsp3) is 0.567. The molecule has 1 aromatic carbocycles. The molecule has 0 heterocycles. The first-order valence-electron chi connectivity index (χ1n) is 13.5. The maximum absolute atomic E-state index is 13.0. The second-order valence-electron chi connectivity index (χ2n) is 10.2. The van der Waals surface area contributed by atoms with Crippen LogP contribution in [0.1, 0.15) is 70.3 Å². The summed E-state index contributed by atoms with van der Waals surface area (Å²) in [5, 5.41) is 15.5. The van der Waals surface area contributed by atoms with E-state index in [1.807, 2.05) is 36.4 Å². The van der Waals surface area contributed by atoms with Crippen LogP contribution in [0, 0.1) is 11.8 Å². The number of hydrogen-bond acceptors (Lipinski definition) is 5. The standard InChI is InChI=1S/C30H44N2O5/c1-4-6-8-16-26(19-24-14-9-7-10-15-24)29(36)37-23(3)21-31-28(35)25(13-5-2)20-27(34)32-30(22-33)17-11-12-18-30/h4-5,7,9-10,14-15,23,25-26,33H,1-2,6,8,11-13,16-22H2,3H3,(H,31,35)(H,32,34). The number of ether oxygens (including phenoxy) is 1. The minimum absolute atomic E-state index is 0.0101. The molecule has 0 aromatic heterocycles. The molecule has 0 spiro atoms. The van der Waals surface area contributed by atoms with Crippen LogP contribution in [-0.2, 0) is 25.5 Å². The summed E-state index contributed by atoms with van der Waals surface area (Å²) in [5.41, 5.74) is 0.506. The Morgan fingerprint density at radius 2 is 1.81 bits per heavy atom. The Morgan fingerprint density at radius 3 is 2.43 bits per heavy atom. The molecule has 0 aliphatic heterocycles. The lowest BCUT2D eigenvalue weighted by molar-refractivity contribution is -0.153. The number of nitrogens with one attached hydrogen (secondary N) is 2. The third-order valence-corrected chi connectivity index (χ3v) is 7.02. The third kappa shape index (κ3) is 10.5. The Morgan fingerprint density at radius 1 is 1.11 bits per heavy atom. The number of aliphatic hydroxyl groups excluding tert-OH is 1. The Hall–Kier alpha value is -2.93. The van der Waals surface area contributed by atoms with Gasteiger partial charge in [0.05, 0.1) is 30.5 Å². The molecule has 0 bridgehead atoms. The SMILES string of the molecule is C=CCCCC(Cc1ccccc1)C(=O)OC(C)CNC(=O)C(CC=C)CC(=O)NC1(CO)CCCC1. The van der Waals surface area contributed by atoms with Crippen molar-refractivity contribution in [2.45, 2.75) is 82.8 Å². The molecule has 204 valence electrons. The maximum atomic E-state index is 13.0. The zero-order chi connectivity index (χ0) is 27.1. The molecular weight excluding hydrogens is 468 g/mol. The summed E-state index contributed by atoms with van der Waals surface area (Å²) in [6.07, 6.45) is 9.73. The summed E-state index contributed by atoms with van der Waals surface area (Å²) in [4.78, 5) is 38.5. The lowest BCUT2D eigenvalue weighted by atomic mass is 9.94. The van der Waals surface area contributed by atoms with Gasteiger partial charge in [-0.3, -0.25) is 14.4 Å². The van der Waals surface area contributed by atoms with Gasteiger partial charge in [-0.25, -0.2) is 0 Å². The van der Waals surface area contributed by atoms with Gasteiger partial charge in [0.15, 0.2) is 0 Å². The summed E-state index contributed by atoms with van der Waals surface area (Å²) in [6, 6.07) is 9.86. The molecule has 0 saturated heterocycles. The molecule has 1 aliphatic carbocycles. The smallest absolute Gasteiger partial charge is 0.309 e. The quantitative estimate of drug-likeness (QED) is 0.164. The molecular formula is C30H44N2O5. The van der Waals surface area contributed by atoms with Crippen LogP contribution in [0.15, 0.2) is 55.6 Å². The first-order chi connectivity index (χ1) is 17.8. The second-order valence-corrected chi connectivity index (χ2v) is 10.2. The largest absolute Gasteiger partial charge is 0.461 e. The molecule has 0 radical (unpaired) electrons. The molecule has 2 rings (SSSR count). The monoisotopic (exact) mass is 512 g/mol. The van der Waals surface area contributed by atoms with E-state index < -0.39 is 17.6 Å². The first-order valence-corrected chi connectivity index (χ1v) is 13.5. The van der Waals surface area contributed by atoms with Gasteiger partial charge in [-0.1, -0.05) is 55.3 Å². The van der Waals surface area contributed by atoms with Crippen molar-refractivity contribution in [1.29, 1.82) is 0 Å². The second kappa shape index (κ2) is 16.0. The van der Waals surface area contributed by atoms with Gasteiger partial charge in [-0.15, -0.1) is 13.2 Å². The highest BCUT2D eigenvalue weighted by molar-refractivity contribution is 5.86. The van der Waals surface area contributed by atoms with Crippen LogP contribution in [0.25, 0.3) is 0 Å². The normalized spacial score (nSPS) is 16.7. The van der Waals surface area contributed by atoms with E-state index in [4.69, 9.17) is 4.74 Å². The summed E-state index contributed by atoms with van der Waals surface area (Å²) in [7, 11) is 0. The molecule has 2 amide bonds. The van der Waals surface area contributed by atoms with Crippen molar-refractivity contribution in [2.75, 3.05) is 13.2 Å². The minimum atomic E-state index is -0.581. The number of hydrogen-bond donors (Lipinski definition) is 3. The molecule has 1 saturated carbocycles. The average molecular weight is 513 g/mol. The van der Waals surface area contributed by atoms with Crippen molar-refractivity contribution < 1.29 is 24.2 Å². The Kier molecular flexibility index (Phi) is 13.1. The van der Waals surface area contributed by atoms with Gasteiger partial charge in [0.25, 0.3) is 0 Å². The molecule has 1 fully saturated rings. The van der Waals surface area contributed by atoms with Crippen molar-refractivity contribution in [2.24, 2.45) is 11.8 Å². The Bertz CT molecular complexity index is 879. The molecule has 3 atom stereocenters. The Labute approximate surface area is 221 Å². The summed E-state index contributed by atoms with van der Waals surface area (Å²) in [6.45, 7) is 9.28. The van der Waals surface area contributed by atoms with E-state index in [1.165, 1.54) is 0 Å². The van der Waals surface area contributed by atoms with Crippen molar-refractivity contribution in [3.8, 4) is 0 Å². The topological polar surface area (TPSA) is 105 Å². The lowest BCUT2D eigenvalue weighted by Gasteiger charge is -2.29.